The van der Waals surface area contributed by atoms with Gasteiger partial charge in [-0.1, -0.05) is 299 Å². The molecule has 1 heterocycles. The Morgan fingerprint density at radius 1 is 0.416 bits per heavy atom. The van der Waals surface area contributed by atoms with Gasteiger partial charge in [-0.05, 0) is 109 Å². The highest BCUT2D eigenvalue weighted by Gasteiger charge is 2.44. The smallest absolute Gasteiger partial charge is 0.305 e. The Bertz CT molecular complexity index is 1710. The van der Waals surface area contributed by atoms with Crippen LogP contribution in [0.1, 0.15) is 348 Å². The Morgan fingerprint density at radius 3 is 1.18 bits per heavy atom. The molecule has 89 heavy (non-hydrogen) atoms. The average Bonchev–Trinajstić information content (AvgIpc) is 1.84. The zero-order chi connectivity index (χ0) is 64.4. The highest BCUT2D eigenvalue weighted by atomic mass is 16.7. The molecule has 6 N–H and O–H groups in total. The molecule has 0 aromatic carbocycles. The fourth-order valence-corrected chi connectivity index (χ4v) is 11.6. The van der Waals surface area contributed by atoms with Gasteiger partial charge in [0.1, 0.15) is 24.4 Å². The number of unbranched alkanes of at least 4 members (excludes halogenated alkanes) is 42. The lowest BCUT2D eigenvalue weighted by Crippen LogP contribution is -2.60. The summed E-state index contributed by atoms with van der Waals surface area (Å²) in [7, 11) is 0. The summed E-state index contributed by atoms with van der Waals surface area (Å²) in [6.07, 6.45) is 80.9. The maximum absolute atomic E-state index is 13.0. The molecule has 1 amide bonds. The van der Waals surface area contributed by atoms with Crippen molar-refractivity contribution in [2.45, 2.75) is 391 Å². The van der Waals surface area contributed by atoms with E-state index in [4.69, 9.17) is 14.2 Å². The van der Waals surface area contributed by atoms with Crippen LogP contribution in [0.3, 0.4) is 0 Å². The van der Waals surface area contributed by atoms with Gasteiger partial charge in [0.05, 0.1) is 32.0 Å². The van der Waals surface area contributed by atoms with Crippen LogP contribution < -0.4 is 5.32 Å². The van der Waals surface area contributed by atoms with E-state index < -0.39 is 49.5 Å². The molecule has 0 bridgehead atoms. The van der Waals surface area contributed by atoms with Crippen LogP contribution >= 0.6 is 0 Å². The van der Waals surface area contributed by atoms with Gasteiger partial charge in [-0.15, -0.1) is 0 Å². The second-order valence-electron chi connectivity index (χ2n) is 26.0. The SMILES string of the molecule is CCCCC/C=C\C/C=C\CCCCCCCC(=O)OCCCCCCCCCCCCCCC/C=C\C/C=C\CCCCCCCCCCCCCCCCCCCC(=O)NC(COC1OC(CO)C(O)C(O)C1O)C(O)/C=C/CC/C=C/CCCCC. The van der Waals surface area contributed by atoms with Crippen LogP contribution in [0.25, 0.3) is 0 Å². The molecular formula is C78H141NO10. The Hall–Kier alpha value is -2.90. The molecule has 0 saturated carbocycles. The van der Waals surface area contributed by atoms with Crippen LogP contribution in [0, 0.1) is 0 Å². The quantitative estimate of drug-likeness (QED) is 0.0195. The predicted octanol–water partition coefficient (Wildman–Crippen LogP) is 19.9. The summed E-state index contributed by atoms with van der Waals surface area (Å²) in [6.45, 7) is 4.27. The first-order valence-corrected chi connectivity index (χ1v) is 37.7. The third-order valence-electron chi connectivity index (χ3n) is 17.5. The van der Waals surface area contributed by atoms with Gasteiger partial charge in [0.15, 0.2) is 6.29 Å². The monoisotopic (exact) mass is 1250 g/mol. The molecule has 0 aliphatic carbocycles. The van der Waals surface area contributed by atoms with Gasteiger partial charge in [-0.25, -0.2) is 0 Å². The summed E-state index contributed by atoms with van der Waals surface area (Å²) < 4.78 is 16.7. The topological polar surface area (TPSA) is 175 Å². The van der Waals surface area contributed by atoms with Crippen molar-refractivity contribution < 1.29 is 49.3 Å². The van der Waals surface area contributed by atoms with E-state index in [1.54, 1.807) is 6.08 Å². The zero-order valence-corrected chi connectivity index (χ0v) is 57.6. The number of hydrogen-bond donors (Lipinski definition) is 6. The summed E-state index contributed by atoms with van der Waals surface area (Å²) in [5.41, 5.74) is 0. The Balaban J connectivity index is 1.89. The third-order valence-corrected chi connectivity index (χ3v) is 17.5. The van der Waals surface area contributed by atoms with Gasteiger partial charge in [-0.2, -0.15) is 0 Å². The third kappa shape index (κ3) is 55.3. The molecule has 0 radical (unpaired) electrons. The lowest BCUT2D eigenvalue weighted by Gasteiger charge is -2.40. The van der Waals surface area contributed by atoms with Gasteiger partial charge in [-0.3, -0.25) is 9.59 Å². The molecule has 1 aliphatic rings. The molecule has 0 aromatic rings. The minimum absolute atomic E-state index is 0.00198. The highest BCUT2D eigenvalue weighted by Crippen LogP contribution is 2.23. The lowest BCUT2D eigenvalue weighted by atomic mass is 9.99. The van der Waals surface area contributed by atoms with Crippen molar-refractivity contribution >= 4 is 11.9 Å². The molecule has 1 rings (SSSR count). The predicted molar refractivity (Wildman–Crippen MR) is 375 cm³/mol. The van der Waals surface area contributed by atoms with Gasteiger partial charge >= 0.3 is 5.97 Å². The average molecular weight is 1250 g/mol. The van der Waals surface area contributed by atoms with Crippen molar-refractivity contribution in [2.75, 3.05) is 19.8 Å². The van der Waals surface area contributed by atoms with Crippen LogP contribution in [0.2, 0.25) is 0 Å². The van der Waals surface area contributed by atoms with Gasteiger partial charge in [0.25, 0.3) is 0 Å². The Morgan fingerprint density at radius 2 is 0.764 bits per heavy atom. The number of allylic oxidation sites excluding steroid dienone is 11. The minimum atomic E-state index is -1.58. The molecular weight excluding hydrogens is 1110 g/mol. The number of hydrogen-bond acceptors (Lipinski definition) is 10. The van der Waals surface area contributed by atoms with Crippen LogP contribution in [0.15, 0.2) is 72.9 Å². The van der Waals surface area contributed by atoms with Crippen LogP contribution in [-0.4, -0.2) is 100 Å². The standard InChI is InChI=1S/C78H141NO10/c1-3-5-7-9-11-13-14-15-39-43-46-50-54-58-62-66-74(83)87-67-63-59-55-51-47-44-41-38-36-34-32-30-28-26-24-22-20-18-16-17-19-21-23-25-27-29-31-33-35-37-40-42-45-49-53-57-61-65-73(82)79-70(71(81)64-60-56-52-48-12-10-8-6-4-2)69-88-78-77(86)76(85)75(84)72(68-80)89-78/h11-13,15-16,18,22,24,39,48,60,64,70-72,75-78,80-81,84-86H,3-10,14,17,19-21,23,25-38,40-47,49-59,61-63,65-69H2,1-2H3,(H,79,82)/b13-11-,18-16-,24-22-,39-15-,48-12+,64-60+. The second kappa shape index (κ2) is 66.6. The number of nitrogens with one attached hydrogen (secondary N) is 1. The summed E-state index contributed by atoms with van der Waals surface area (Å²) >= 11 is 0. The Labute approximate surface area is 547 Å². The molecule has 0 aromatic heterocycles. The Kier molecular flexibility index (Phi) is 62.9. The van der Waals surface area contributed by atoms with Crippen molar-refractivity contribution in [1.29, 1.82) is 0 Å². The maximum Gasteiger partial charge on any atom is 0.305 e. The number of aliphatic hydroxyl groups is 5. The van der Waals surface area contributed by atoms with E-state index in [1.807, 2.05) is 6.08 Å². The van der Waals surface area contributed by atoms with Gasteiger partial charge < -0.3 is 45.1 Å². The van der Waals surface area contributed by atoms with Crippen LogP contribution in [0.5, 0.6) is 0 Å². The molecule has 1 fully saturated rings. The van der Waals surface area contributed by atoms with Gasteiger partial charge in [0.2, 0.25) is 5.91 Å². The summed E-state index contributed by atoms with van der Waals surface area (Å²) in [4.78, 5) is 25.1. The number of carbonyl (C=O) groups is 2. The van der Waals surface area contributed by atoms with E-state index in [-0.39, 0.29) is 18.5 Å². The minimum Gasteiger partial charge on any atom is -0.466 e. The molecule has 1 saturated heterocycles. The van der Waals surface area contributed by atoms with Crippen molar-refractivity contribution in [1.82, 2.24) is 5.32 Å². The number of amides is 1. The first kappa shape index (κ1) is 84.1. The van der Waals surface area contributed by atoms with Crippen molar-refractivity contribution in [3.8, 4) is 0 Å². The van der Waals surface area contributed by atoms with E-state index in [0.29, 0.717) is 19.4 Å². The molecule has 7 atom stereocenters. The van der Waals surface area contributed by atoms with Gasteiger partial charge in [0, 0.05) is 12.8 Å². The van der Waals surface area contributed by atoms with Crippen molar-refractivity contribution in [3.63, 3.8) is 0 Å². The molecule has 1 aliphatic heterocycles. The molecule has 518 valence electrons. The van der Waals surface area contributed by atoms with Crippen molar-refractivity contribution in [3.05, 3.63) is 72.9 Å². The first-order chi connectivity index (χ1) is 43.7. The van der Waals surface area contributed by atoms with E-state index in [1.165, 1.54) is 250 Å². The summed E-state index contributed by atoms with van der Waals surface area (Å²) in [6, 6.07) is -0.825. The second-order valence-corrected chi connectivity index (χ2v) is 26.0. The van der Waals surface area contributed by atoms with E-state index in [2.05, 4.69) is 79.9 Å². The highest BCUT2D eigenvalue weighted by molar-refractivity contribution is 5.76. The normalized spacial score (nSPS) is 18.1. The molecule has 7 unspecified atom stereocenters. The fourth-order valence-electron chi connectivity index (χ4n) is 11.6. The maximum atomic E-state index is 13.0. The molecule has 11 heteroatoms. The largest absolute Gasteiger partial charge is 0.466 e. The number of carbonyl (C=O) groups excluding carboxylic acids is 2. The first-order valence-electron chi connectivity index (χ1n) is 37.7. The van der Waals surface area contributed by atoms with Crippen LogP contribution in [-0.2, 0) is 23.8 Å². The summed E-state index contributed by atoms with van der Waals surface area (Å²) in [5.74, 6) is -0.193. The summed E-state index contributed by atoms with van der Waals surface area (Å²) in [5, 5.41) is 54.3. The fraction of sp³-hybridized carbons (Fsp3) is 0.821. The lowest BCUT2D eigenvalue weighted by molar-refractivity contribution is -0.302. The number of ether oxygens (including phenoxy) is 3. The zero-order valence-electron chi connectivity index (χ0n) is 57.6. The van der Waals surface area contributed by atoms with E-state index in [0.717, 1.165) is 70.6 Å². The molecule has 0 spiro atoms. The van der Waals surface area contributed by atoms with E-state index in [9.17, 15) is 35.1 Å². The van der Waals surface area contributed by atoms with E-state index >= 15 is 0 Å². The van der Waals surface area contributed by atoms with Crippen LogP contribution in [0.4, 0.5) is 0 Å². The van der Waals surface area contributed by atoms with Crippen molar-refractivity contribution in [2.24, 2.45) is 0 Å². The number of aliphatic hydroxyl groups excluding tert-OH is 5. The number of rotatable bonds is 66. The molecule has 11 nitrogen and oxygen atoms in total. The number of esters is 1.